The molecule has 1 fully saturated rings. The van der Waals surface area contributed by atoms with Crippen LogP contribution in [0.5, 0.6) is 0 Å². The van der Waals surface area contributed by atoms with Gasteiger partial charge in [0.2, 0.25) is 0 Å². The number of rotatable bonds is 3. The smallest absolute Gasteiger partial charge is 0.251 e. The largest absolute Gasteiger partial charge is 0.354 e. The van der Waals surface area contributed by atoms with Gasteiger partial charge in [0.25, 0.3) is 5.91 Å². The third-order valence-electron chi connectivity index (χ3n) is 2.11. The van der Waals surface area contributed by atoms with Crippen molar-refractivity contribution in [2.75, 3.05) is 6.54 Å². The van der Waals surface area contributed by atoms with Gasteiger partial charge in [-0.15, -0.1) is 0 Å². The Morgan fingerprint density at radius 2 is 2.07 bits per heavy atom. The molecule has 0 spiro atoms. The van der Waals surface area contributed by atoms with Gasteiger partial charge in [0.15, 0.2) is 11.9 Å². The highest BCUT2D eigenvalue weighted by molar-refractivity contribution is 5.81. The second-order valence-electron chi connectivity index (χ2n) is 4.05. The Morgan fingerprint density at radius 1 is 1.43 bits per heavy atom. The molecule has 0 aromatic rings. The summed E-state index contributed by atoms with van der Waals surface area (Å²) in [5, 5.41) is 2.80. The monoisotopic (exact) mass is 201 g/mol. The minimum absolute atomic E-state index is 0.0788. The molecular weight excluding hydrogens is 182 g/mol. The average molecular weight is 201 g/mol. The van der Waals surface area contributed by atoms with E-state index in [9.17, 15) is 4.79 Å². The van der Waals surface area contributed by atoms with E-state index in [-0.39, 0.29) is 12.0 Å². The first-order valence-electron chi connectivity index (χ1n) is 5.09. The van der Waals surface area contributed by atoms with Gasteiger partial charge >= 0.3 is 0 Å². The quantitative estimate of drug-likeness (QED) is 0.742. The van der Waals surface area contributed by atoms with Crippen molar-refractivity contribution in [2.45, 2.75) is 52.1 Å². The molecule has 1 aliphatic heterocycles. The predicted molar refractivity (Wildman–Crippen MR) is 52.8 cm³/mol. The molecule has 1 saturated heterocycles. The maximum atomic E-state index is 11.6. The van der Waals surface area contributed by atoms with Crippen LogP contribution in [0.25, 0.3) is 0 Å². The lowest BCUT2D eigenvalue weighted by atomic mass is 10.2. The zero-order valence-electron chi connectivity index (χ0n) is 9.29. The van der Waals surface area contributed by atoms with Crippen LogP contribution in [0.4, 0.5) is 0 Å². The van der Waals surface area contributed by atoms with E-state index in [2.05, 4.69) is 5.32 Å². The molecule has 0 aromatic heterocycles. The summed E-state index contributed by atoms with van der Waals surface area (Å²) < 4.78 is 11.0. The average Bonchev–Trinajstić information content (AvgIpc) is 2.35. The normalized spacial score (nSPS) is 30.3. The molecule has 0 bridgehead atoms. The molecule has 2 atom stereocenters. The number of carbonyl (C=O) groups excluding carboxylic acids is 1. The molecule has 1 amide bonds. The van der Waals surface area contributed by atoms with Gasteiger partial charge in [-0.1, -0.05) is 6.92 Å². The predicted octanol–water partition coefficient (Wildman–Crippen LogP) is 1.05. The van der Waals surface area contributed by atoms with E-state index in [1.54, 1.807) is 0 Å². The summed E-state index contributed by atoms with van der Waals surface area (Å²) in [5.74, 6) is -0.724. The first-order chi connectivity index (χ1) is 6.46. The van der Waals surface area contributed by atoms with Crippen molar-refractivity contribution in [3.8, 4) is 0 Å². The topological polar surface area (TPSA) is 47.6 Å². The fourth-order valence-electron chi connectivity index (χ4n) is 1.55. The minimum atomic E-state index is -0.645. The van der Waals surface area contributed by atoms with Crippen molar-refractivity contribution in [3.63, 3.8) is 0 Å². The molecule has 4 nitrogen and oxygen atoms in total. The van der Waals surface area contributed by atoms with Gasteiger partial charge < -0.3 is 14.8 Å². The molecule has 1 heterocycles. The lowest BCUT2D eigenvalue weighted by Gasteiger charge is -2.16. The fraction of sp³-hybridized carbons (Fsp3) is 0.900. The number of nitrogens with one attached hydrogen (secondary N) is 1. The van der Waals surface area contributed by atoms with Crippen molar-refractivity contribution in [2.24, 2.45) is 0 Å². The van der Waals surface area contributed by atoms with Crippen molar-refractivity contribution < 1.29 is 14.3 Å². The number of hydrogen-bond donors (Lipinski definition) is 1. The summed E-state index contributed by atoms with van der Waals surface area (Å²) in [6.45, 7) is 8.18. The van der Waals surface area contributed by atoms with Gasteiger partial charge in [0.05, 0.1) is 6.10 Å². The molecule has 2 unspecified atom stereocenters. The Kier molecular flexibility index (Phi) is 3.50. The molecular formula is C10H19NO3. The van der Waals surface area contributed by atoms with Crippen LogP contribution in [-0.2, 0) is 14.3 Å². The maximum Gasteiger partial charge on any atom is 0.251 e. The highest BCUT2D eigenvalue weighted by Gasteiger charge is 2.42. The van der Waals surface area contributed by atoms with Gasteiger partial charge in [-0.25, -0.2) is 0 Å². The highest BCUT2D eigenvalue weighted by Crippen LogP contribution is 2.27. The van der Waals surface area contributed by atoms with Crippen molar-refractivity contribution in [1.82, 2.24) is 5.32 Å². The van der Waals surface area contributed by atoms with E-state index >= 15 is 0 Å². The standard InChI is InChI=1S/C10H19NO3/c1-5-6-11-9(12)8-7(2)13-10(3,4)14-8/h7-8H,5-6H2,1-4H3,(H,11,12). The SMILES string of the molecule is CCCNC(=O)C1OC(C)(C)OC1C. The van der Waals surface area contributed by atoms with E-state index in [1.165, 1.54) is 0 Å². The Balaban J connectivity index is 2.49. The molecule has 0 radical (unpaired) electrons. The first-order valence-corrected chi connectivity index (χ1v) is 5.09. The summed E-state index contributed by atoms with van der Waals surface area (Å²) in [6.07, 6.45) is 0.273. The fourth-order valence-corrected chi connectivity index (χ4v) is 1.55. The van der Waals surface area contributed by atoms with Gasteiger partial charge in [-0.3, -0.25) is 4.79 Å². The third kappa shape index (κ3) is 2.69. The maximum absolute atomic E-state index is 11.6. The molecule has 1 N–H and O–H groups in total. The Bertz CT molecular complexity index is 215. The second-order valence-corrected chi connectivity index (χ2v) is 4.05. The van der Waals surface area contributed by atoms with Crippen LogP contribution >= 0.6 is 0 Å². The van der Waals surface area contributed by atoms with E-state index in [4.69, 9.17) is 9.47 Å². The summed E-state index contributed by atoms with van der Waals surface area (Å²) in [5.41, 5.74) is 0. The molecule has 1 aliphatic rings. The number of ether oxygens (including phenoxy) is 2. The Morgan fingerprint density at radius 3 is 2.50 bits per heavy atom. The molecule has 1 rings (SSSR count). The molecule has 0 saturated carbocycles. The van der Waals surface area contributed by atoms with Gasteiger partial charge in [0, 0.05) is 6.54 Å². The molecule has 0 aromatic carbocycles. The van der Waals surface area contributed by atoms with Crippen molar-refractivity contribution in [3.05, 3.63) is 0 Å². The summed E-state index contributed by atoms with van der Waals surface area (Å²) in [4.78, 5) is 11.6. The lowest BCUT2D eigenvalue weighted by Crippen LogP contribution is -2.40. The molecule has 4 heteroatoms. The van der Waals surface area contributed by atoms with E-state index in [0.29, 0.717) is 6.54 Å². The zero-order valence-corrected chi connectivity index (χ0v) is 9.29. The van der Waals surface area contributed by atoms with E-state index in [0.717, 1.165) is 6.42 Å². The lowest BCUT2D eigenvalue weighted by molar-refractivity contribution is -0.155. The van der Waals surface area contributed by atoms with Crippen molar-refractivity contribution >= 4 is 5.91 Å². The van der Waals surface area contributed by atoms with Gasteiger partial charge in [0.1, 0.15) is 0 Å². The second kappa shape index (κ2) is 4.28. The summed E-state index contributed by atoms with van der Waals surface area (Å²) in [7, 11) is 0. The first kappa shape index (κ1) is 11.5. The third-order valence-corrected chi connectivity index (χ3v) is 2.11. The van der Waals surface area contributed by atoms with Crippen LogP contribution in [0.1, 0.15) is 34.1 Å². The molecule has 0 aliphatic carbocycles. The van der Waals surface area contributed by atoms with Crippen LogP contribution < -0.4 is 5.32 Å². The van der Waals surface area contributed by atoms with E-state index in [1.807, 2.05) is 27.7 Å². The van der Waals surface area contributed by atoms with Crippen LogP contribution in [0, 0.1) is 0 Å². The minimum Gasteiger partial charge on any atom is -0.354 e. The van der Waals surface area contributed by atoms with Crippen LogP contribution in [0.15, 0.2) is 0 Å². The highest BCUT2D eigenvalue weighted by atomic mass is 16.8. The van der Waals surface area contributed by atoms with Crippen LogP contribution in [0.3, 0.4) is 0 Å². The van der Waals surface area contributed by atoms with Crippen molar-refractivity contribution in [1.29, 1.82) is 0 Å². The zero-order chi connectivity index (χ0) is 10.8. The number of carbonyl (C=O) groups is 1. The number of hydrogen-bond acceptors (Lipinski definition) is 3. The van der Waals surface area contributed by atoms with Crippen LogP contribution in [-0.4, -0.2) is 30.4 Å². The van der Waals surface area contributed by atoms with Gasteiger partial charge in [-0.05, 0) is 27.2 Å². The Hall–Kier alpha value is -0.610. The summed E-state index contributed by atoms with van der Waals surface area (Å²) in [6, 6.07) is 0. The number of amides is 1. The molecule has 14 heavy (non-hydrogen) atoms. The Labute approximate surface area is 85.0 Å². The van der Waals surface area contributed by atoms with Crippen LogP contribution in [0.2, 0.25) is 0 Å². The van der Waals surface area contributed by atoms with Gasteiger partial charge in [-0.2, -0.15) is 0 Å². The summed E-state index contributed by atoms with van der Waals surface area (Å²) >= 11 is 0. The molecule has 82 valence electrons. The van der Waals surface area contributed by atoms with E-state index < -0.39 is 11.9 Å².